The number of hydrogen-bond acceptors (Lipinski definition) is 0. The second-order valence-electron chi connectivity index (χ2n) is 17.6. The van der Waals surface area contributed by atoms with E-state index in [1.54, 1.807) is 0 Å². The summed E-state index contributed by atoms with van der Waals surface area (Å²) in [4.78, 5) is 0. The number of fused-ring (bicyclic) bond motifs is 2. The average molecular weight is 948 g/mol. The van der Waals surface area contributed by atoms with E-state index < -0.39 is 0 Å². The van der Waals surface area contributed by atoms with Crippen LogP contribution in [0.25, 0.3) is 66.1 Å². The van der Waals surface area contributed by atoms with Crippen LogP contribution in [-0.4, -0.2) is 9.52 Å². The summed E-state index contributed by atoms with van der Waals surface area (Å²) in [6, 6.07) is 75.9. The smallest absolute Gasteiger partial charge is 0.164 e. The molecule has 0 aliphatic heterocycles. The van der Waals surface area contributed by atoms with Gasteiger partial charge in [-0.15, -0.1) is 44.8 Å². The Hall–Kier alpha value is -5.92. The number of hydrogen-bond donors (Lipinski definition) is 0. The van der Waals surface area contributed by atoms with Crippen molar-refractivity contribution in [2.45, 2.75) is 66.5 Å². The van der Waals surface area contributed by atoms with Gasteiger partial charge in [-0.25, -0.2) is 0 Å². The fourth-order valence-corrected chi connectivity index (χ4v) is 8.81. The largest absolute Gasteiger partial charge is 2.00 e. The maximum atomic E-state index is 2.41. The molecule has 0 atom stereocenters. The van der Waals surface area contributed by atoms with Crippen LogP contribution in [0.1, 0.15) is 44.5 Å². The van der Waals surface area contributed by atoms with Crippen LogP contribution in [0.2, 0.25) is 13.1 Å². The maximum Gasteiger partial charge on any atom is 2.00 e. The van der Waals surface area contributed by atoms with Crippen molar-refractivity contribution in [2.75, 3.05) is 0 Å². The van der Waals surface area contributed by atoms with Crippen molar-refractivity contribution in [1.29, 1.82) is 0 Å². The second-order valence-corrected chi connectivity index (χ2v) is 18.6. The zero-order valence-electron chi connectivity index (χ0n) is 39.5. The SMILES string of the molecule is C[Si]C.Cc1ccc(-c2ccc(-c3ccc(C)cc3)c3[cH-]c(CCc4ccccc4)cc23)cc1.Cc1ccc(-c2ccc(-c3ccc(C)cc3)c3[cH-]c(CCc4ccccc4)cc23)cc1.[Zr+2]. The van der Waals surface area contributed by atoms with Gasteiger partial charge in [0.1, 0.15) is 0 Å². The Bertz CT molecular complexity index is 2680. The predicted octanol–water partition coefficient (Wildman–Crippen LogP) is 17.4. The summed E-state index contributed by atoms with van der Waals surface area (Å²) in [6.07, 6.45) is 4.24. The van der Waals surface area contributed by atoms with E-state index in [1.807, 2.05) is 0 Å². The molecule has 0 heterocycles. The van der Waals surface area contributed by atoms with Gasteiger partial charge in [0.05, 0.1) is 0 Å². The molecule has 0 saturated carbocycles. The van der Waals surface area contributed by atoms with Gasteiger partial charge in [0, 0.05) is 9.52 Å². The molecule has 0 nitrogen and oxygen atoms in total. The summed E-state index contributed by atoms with van der Waals surface area (Å²) < 4.78 is 0. The summed E-state index contributed by atoms with van der Waals surface area (Å²) in [5, 5.41) is 5.41. The minimum atomic E-state index is 0. The maximum absolute atomic E-state index is 2.41. The van der Waals surface area contributed by atoms with E-state index in [0.29, 0.717) is 0 Å². The van der Waals surface area contributed by atoms with Gasteiger partial charge in [-0.2, -0.15) is 12.1 Å². The normalized spacial score (nSPS) is 10.8. The van der Waals surface area contributed by atoms with E-state index in [-0.39, 0.29) is 26.2 Å². The molecule has 10 aromatic carbocycles. The molecule has 0 bridgehead atoms. The Balaban J connectivity index is 0.000000183. The third-order valence-corrected chi connectivity index (χ3v) is 12.4. The van der Waals surface area contributed by atoms with E-state index in [2.05, 4.69) is 247 Å². The van der Waals surface area contributed by atoms with Crippen LogP contribution in [0.5, 0.6) is 0 Å². The van der Waals surface area contributed by atoms with E-state index in [0.717, 1.165) is 35.2 Å². The molecular formula is C64H60SiZr. The van der Waals surface area contributed by atoms with Crippen LogP contribution in [0.3, 0.4) is 0 Å². The van der Waals surface area contributed by atoms with Gasteiger partial charge in [-0.3, -0.25) is 0 Å². The number of benzene rings is 8. The van der Waals surface area contributed by atoms with Crippen molar-refractivity contribution >= 4 is 31.1 Å². The van der Waals surface area contributed by atoms with Gasteiger partial charge in [-0.05, 0) is 75.6 Å². The molecule has 0 fully saturated rings. The quantitative estimate of drug-likeness (QED) is 0.0947. The Labute approximate surface area is 416 Å². The summed E-state index contributed by atoms with van der Waals surface area (Å²) in [5.74, 6) is 0. The fraction of sp³-hybridized carbons (Fsp3) is 0.156. The Kier molecular flexibility index (Phi) is 16.7. The zero-order valence-corrected chi connectivity index (χ0v) is 42.9. The monoisotopic (exact) mass is 946 g/mol. The Morgan fingerprint density at radius 3 is 0.909 bits per heavy atom. The minimum Gasteiger partial charge on any atom is -0.164 e. The molecule has 0 amide bonds. The van der Waals surface area contributed by atoms with Gasteiger partial charge in [0.2, 0.25) is 0 Å². The van der Waals surface area contributed by atoms with Crippen molar-refractivity contribution in [1.82, 2.24) is 0 Å². The second kappa shape index (κ2) is 23.0. The molecule has 2 heteroatoms. The van der Waals surface area contributed by atoms with Crippen molar-refractivity contribution in [3.8, 4) is 44.5 Å². The van der Waals surface area contributed by atoms with Crippen LogP contribution in [0.4, 0.5) is 0 Å². The van der Waals surface area contributed by atoms with Crippen molar-refractivity contribution in [2.24, 2.45) is 0 Å². The van der Waals surface area contributed by atoms with Crippen molar-refractivity contribution in [3.05, 3.63) is 251 Å². The van der Waals surface area contributed by atoms with E-state index in [1.165, 1.54) is 111 Å². The Morgan fingerprint density at radius 2 is 0.606 bits per heavy atom. The molecule has 0 unspecified atom stereocenters. The molecule has 0 aliphatic carbocycles. The molecule has 0 spiro atoms. The van der Waals surface area contributed by atoms with Gasteiger partial charge in [0.25, 0.3) is 0 Å². The zero-order chi connectivity index (χ0) is 45.1. The molecule has 0 N–H and O–H groups in total. The van der Waals surface area contributed by atoms with Gasteiger partial charge < -0.3 is 0 Å². The molecule has 10 aromatic rings. The minimum absolute atomic E-state index is 0. The van der Waals surface area contributed by atoms with Crippen molar-refractivity contribution < 1.29 is 26.2 Å². The molecule has 0 saturated heterocycles. The Morgan fingerprint density at radius 1 is 0.333 bits per heavy atom. The summed E-state index contributed by atoms with van der Waals surface area (Å²) in [7, 11) is 1.08. The standard InChI is InChI=1S/2C31H27.C2H6Si.Zr/c2*1-22-8-14-26(15-9-22)28-18-19-29(27-16-10-23(2)11-17-27)31-21-25(20-30(28)31)13-12-24-6-4-3-5-7-24;1-3-2;/h2*3-11,14-21H,12-13H2,1-2H3;1-2H3;/q2*-1;;+2. The predicted molar refractivity (Wildman–Crippen MR) is 285 cm³/mol. The van der Waals surface area contributed by atoms with Crippen LogP contribution < -0.4 is 0 Å². The molecular weight excluding hydrogens is 888 g/mol. The molecule has 10 rings (SSSR count). The molecule has 2 radical (unpaired) electrons. The first-order valence-corrected chi connectivity index (χ1v) is 25.2. The van der Waals surface area contributed by atoms with Crippen LogP contribution >= 0.6 is 0 Å². The molecule has 324 valence electrons. The van der Waals surface area contributed by atoms with Gasteiger partial charge >= 0.3 is 26.2 Å². The third kappa shape index (κ3) is 11.9. The van der Waals surface area contributed by atoms with E-state index in [9.17, 15) is 0 Å². The summed E-state index contributed by atoms with van der Waals surface area (Å²) in [5.41, 5.74) is 21.2. The first-order valence-electron chi connectivity index (χ1n) is 23.2. The fourth-order valence-electron chi connectivity index (χ4n) is 8.81. The topological polar surface area (TPSA) is 0 Å². The van der Waals surface area contributed by atoms with E-state index >= 15 is 0 Å². The molecule has 66 heavy (non-hydrogen) atoms. The van der Waals surface area contributed by atoms with E-state index in [4.69, 9.17) is 0 Å². The van der Waals surface area contributed by atoms with Crippen molar-refractivity contribution in [3.63, 3.8) is 0 Å². The van der Waals surface area contributed by atoms with Crippen LogP contribution in [0.15, 0.2) is 206 Å². The van der Waals surface area contributed by atoms with Crippen LogP contribution in [-0.2, 0) is 51.9 Å². The first-order chi connectivity index (χ1) is 31.8. The number of aryl methyl sites for hydroxylation is 8. The number of rotatable bonds is 10. The van der Waals surface area contributed by atoms with Gasteiger partial charge in [-0.1, -0.05) is 251 Å². The average Bonchev–Trinajstić information content (AvgIpc) is 3.98. The third-order valence-electron chi connectivity index (χ3n) is 12.4. The first kappa shape index (κ1) is 48.0. The van der Waals surface area contributed by atoms with Gasteiger partial charge in [0.15, 0.2) is 0 Å². The molecule has 0 aliphatic rings. The summed E-state index contributed by atoms with van der Waals surface area (Å²) >= 11 is 0. The summed E-state index contributed by atoms with van der Waals surface area (Å²) in [6.45, 7) is 12.9. The van der Waals surface area contributed by atoms with Crippen LogP contribution in [0, 0.1) is 27.7 Å². The molecule has 0 aromatic heterocycles.